The minimum absolute atomic E-state index is 0.00146. The number of anilines is 2. The number of oxazole rings is 1. The van der Waals surface area contributed by atoms with Crippen molar-refractivity contribution in [1.29, 1.82) is 0 Å². The number of amides is 4. The molecule has 12 nitrogen and oxygen atoms in total. The van der Waals surface area contributed by atoms with Gasteiger partial charge in [0.2, 0.25) is 23.5 Å². The van der Waals surface area contributed by atoms with Crippen LogP contribution in [0.15, 0.2) is 130 Å². The Bertz CT molecular complexity index is 2410. The lowest BCUT2D eigenvalue weighted by molar-refractivity contribution is -0.121. The van der Waals surface area contributed by atoms with Gasteiger partial charge in [-0.2, -0.15) is 0 Å². The molecule has 1 aromatic heterocycles. The Morgan fingerprint density at radius 3 is 2.31 bits per heavy atom. The van der Waals surface area contributed by atoms with Crippen LogP contribution >= 0.6 is 11.8 Å². The van der Waals surface area contributed by atoms with Gasteiger partial charge in [0, 0.05) is 33.7 Å². The van der Waals surface area contributed by atoms with E-state index in [0.29, 0.717) is 61.7 Å². The molecule has 6 aromatic rings. The van der Waals surface area contributed by atoms with Crippen LogP contribution in [-0.4, -0.2) is 55.2 Å². The summed E-state index contributed by atoms with van der Waals surface area (Å²) in [6.07, 6.45) is 1.48. The molecule has 1 aliphatic heterocycles. The molecule has 55 heavy (non-hydrogen) atoms. The van der Waals surface area contributed by atoms with Crippen molar-refractivity contribution in [3.05, 3.63) is 132 Å². The number of thioether (sulfide) groups is 1. The van der Waals surface area contributed by atoms with Crippen LogP contribution in [0.3, 0.4) is 0 Å². The maximum atomic E-state index is 13.9. The molecule has 1 atom stereocenters. The Balaban J connectivity index is 1.08. The van der Waals surface area contributed by atoms with Gasteiger partial charge in [0.15, 0.2) is 17.1 Å². The van der Waals surface area contributed by atoms with E-state index >= 15 is 0 Å². The second kappa shape index (κ2) is 16.0. The predicted octanol–water partition coefficient (Wildman–Crippen LogP) is 7.35. The van der Waals surface area contributed by atoms with Gasteiger partial charge in [-0.25, -0.2) is 9.88 Å². The van der Waals surface area contributed by atoms with Crippen molar-refractivity contribution in [2.75, 3.05) is 31.5 Å². The van der Waals surface area contributed by atoms with Gasteiger partial charge in [-0.3, -0.25) is 19.2 Å². The van der Waals surface area contributed by atoms with Crippen LogP contribution in [0.5, 0.6) is 17.2 Å². The number of methoxy groups -OCH3 is 3. The Kier molecular flexibility index (Phi) is 10.6. The highest BCUT2D eigenvalue weighted by atomic mass is 32.2. The normalized spacial score (nSPS) is 14.2. The first-order valence-corrected chi connectivity index (χ1v) is 17.9. The number of para-hydroxylation sites is 2. The standard InChI is InChI=1S/C42H34N4O8S/c1-51-34-21-18-27(37(52-2)38(34)53-3)22-32(44-39(48)25-10-5-4-6-11-25)40(49)43-28-12-9-13-30(23-28)55-35-24-36(47)46(42(35)50)29-19-16-26(17-20-29)41-45-31-14-7-8-15-33(31)54-41/h4-23,35H,24H2,1-3H3,(H,43,49)(H,44,48)/b32-22-/t35-/m0/s1. The van der Waals surface area contributed by atoms with Crippen molar-refractivity contribution < 1.29 is 37.8 Å². The summed E-state index contributed by atoms with van der Waals surface area (Å²) in [6, 6.07) is 33.1. The highest BCUT2D eigenvalue weighted by Crippen LogP contribution is 2.41. The smallest absolute Gasteiger partial charge is 0.272 e. The maximum Gasteiger partial charge on any atom is 0.272 e. The van der Waals surface area contributed by atoms with Crippen LogP contribution in [0.25, 0.3) is 28.6 Å². The molecule has 0 bridgehead atoms. The third kappa shape index (κ3) is 7.78. The maximum absolute atomic E-state index is 13.9. The lowest BCUT2D eigenvalue weighted by atomic mass is 10.1. The molecule has 0 radical (unpaired) electrons. The molecule has 2 heterocycles. The second-order valence-corrected chi connectivity index (χ2v) is 13.5. The molecule has 5 aromatic carbocycles. The number of hydrogen-bond acceptors (Lipinski definition) is 10. The summed E-state index contributed by atoms with van der Waals surface area (Å²) in [4.78, 5) is 60.2. The first kappa shape index (κ1) is 36.5. The molecule has 1 saturated heterocycles. The number of rotatable bonds is 12. The van der Waals surface area contributed by atoms with Gasteiger partial charge in [-0.05, 0) is 84.9 Å². The number of carbonyl (C=O) groups excluding carboxylic acids is 4. The molecule has 0 spiro atoms. The summed E-state index contributed by atoms with van der Waals surface area (Å²) < 4.78 is 22.4. The quantitative estimate of drug-likeness (QED) is 0.0959. The third-order valence-electron chi connectivity index (χ3n) is 8.71. The van der Waals surface area contributed by atoms with E-state index in [-0.39, 0.29) is 23.9 Å². The lowest BCUT2D eigenvalue weighted by Gasteiger charge is -2.16. The van der Waals surface area contributed by atoms with E-state index in [4.69, 9.17) is 18.6 Å². The molecule has 4 amide bonds. The third-order valence-corrected chi connectivity index (χ3v) is 9.88. The molecule has 7 rings (SSSR count). The zero-order chi connectivity index (χ0) is 38.5. The predicted molar refractivity (Wildman–Crippen MR) is 209 cm³/mol. The van der Waals surface area contributed by atoms with Gasteiger partial charge in [0.05, 0.1) is 32.3 Å². The van der Waals surface area contributed by atoms with E-state index in [1.54, 1.807) is 91.0 Å². The monoisotopic (exact) mass is 754 g/mol. The highest BCUT2D eigenvalue weighted by Gasteiger charge is 2.40. The zero-order valence-electron chi connectivity index (χ0n) is 29.9. The fourth-order valence-electron chi connectivity index (χ4n) is 6.06. The lowest BCUT2D eigenvalue weighted by Crippen LogP contribution is -2.31. The summed E-state index contributed by atoms with van der Waals surface area (Å²) >= 11 is 1.22. The van der Waals surface area contributed by atoms with E-state index in [1.807, 2.05) is 24.3 Å². The molecule has 1 fully saturated rings. The van der Waals surface area contributed by atoms with Gasteiger partial charge in [0.1, 0.15) is 11.2 Å². The molecule has 2 N–H and O–H groups in total. The van der Waals surface area contributed by atoms with Gasteiger partial charge in [-0.1, -0.05) is 36.4 Å². The number of imide groups is 1. The van der Waals surface area contributed by atoms with Crippen LogP contribution < -0.4 is 29.7 Å². The summed E-state index contributed by atoms with van der Waals surface area (Å²) in [5.74, 6) is -0.327. The minimum Gasteiger partial charge on any atom is -0.493 e. The number of hydrogen-bond donors (Lipinski definition) is 2. The topological polar surface area (TPSA) is 149 Å². The van der Waals surface area contributed by atoms with Crippen LogP contribution in [0.4, 0.5) is 11.4 Å². The van der Waals surface area contributed by atoms with Gasteiger partial charge < -0.3 is 29.3 Å². The van der Waals surface area contributed by atoms with Crippen molar-refractivity contribution in [2.24, 2.45) is 0 Å². The number of nitrogens with one attached hydrogen (secondary N) is 2. The van der Waals surface area contributed by atoms with Crippen molar-refractivity contribution in [3.63, 3.8) is 0 Å². The Morgan fingerprint density at radius 2 is 1.58 bits per heavy atom. The van der Waals surface area contributed by atoms with Gasteiger partial charge in [0.25, 0.3) is 11.8 Å². The average molecular weight is 755 g/mol. The summed E-state index contributed by atoms with van der Waals surface area (Å²) in [5.41, 5.74) is 3.67. The van der Waals surface area contributed by atoms with E-state index in [1.165, 1.54) is 44.1 Å². The largest absolute Gasteiger partial charge is 0.493 e. The van der Waals surface area contributed by atoms with Crippen LogP contribution in [0.1, 0.15) is 22.3 Å². The van der Waals surface area contributed by atoms with Crippen LogP contribution in [-0.2, 0) is 14.4 Å². The molecule has 0 saturated carbocycles. The minimum atomic E-state index is -0.687. The fraction of sp³-hybridized carbons (Fsp3) is 0.119. The molecular weight excluding hydrogens is 721 g/mol. The molecule has 1 aliphatic rings. The molecule has 0 unspecified atom stereocenters. The van der Waals surface area contributed by atoms with Crippen molar-refractivity contribution in [3.8, 4) is 28.7 Å². The molecule has 276 valence electrons. The Hall–Kier alpha value is -6.86. The summed E-state index contributed by atoms with van der Waals surface area (Å²) in [5, 5.41) is 4.88. The van der Waals surface area contributed by atoms with Crippen molar-refractivity contribution in [1.82, 2.24) is 10.3 Å². The molecule has 13 heteroatoms. The van der Waals surface area contributed by atoms with E-state index < -0.39 is 17.1 Å². The Morgan fingerprint density at radius 1 is 0.836 bits per heavy atom. The van der Waals surface area contributed by atoms with E-state index in [2.05, 4.69) is 15.6 Å². The highest BCUT2D eigenvalue weighted by molar-refractivity contribution is 8.00. The van der Waals surface area contributed by atoms with Gasteiger partial charge >= 0.3 is 0 Å². The number of carbonyl (C=O) groups is 4. The second-order valence-electron chi connectivity index (χ2n) is 12.2. The number of nitrogens with zero attached hydrogens (tertiary/aromatic N) is 2. The number of fused-ring (bicyclic) bond motifs is 1. The van der Waals surface area contributed by atoms with E-state index in [0.717, 1.165) is 5.52 Å². The summed E-state index contributed by atoms with van der Waals surface area (Å²) in [6.45, 7) is 0. The van der Waals surface area contributed by atoms with Crippen molar-refractivity contribution >= 4 is 63.9 Å². The first-order valence-electron chi connectivity index (χ1n) is 17.0. The number of aromatic nitrogens is 1. The van der Waals surface area contributed by atoms with Crippen molar-refractivity contribution in [2.45, 2.75) is 16.6 Å². The number of ether oxygens (including phenoxy) is 3. The molecular formula is C42H34N4O8S. The van der Waals surface area contributed by atoms with Crippen LogP contribution in [0.2, 0.25) is 0 Å². The summed E-state index contributed by atoms with van der Waals surface area (Å²) in [7, 11) is 4.42. The SMILES string of the molecule is COc1ccc(/C=C(\NC(=O)c2ccccc2)C(=O)Nc2cccc(S[C@H]3CC(=O)N(c4ccc(-c5nc6ccccc6o5)cc4)C3=O)c2)c(OC)c1OC. The fourth-order valence-corrected chi connectivity index (χ4v) is 7.17. The van der Waals surface area contributed by atoms with Crippen LogP contribution in [0, 0.1) is 0 Å². The van der Waals surface area contributed by atoms with Gasteiger partial charge in [-0.15, -0.1) is 11.8 Å². The molecule has 0 aliphatic carbocycles. The van der Waals surface area contributed by atoms with E-state index in [9.17, 15) is 19.2 Å². The average Bonchev–Trinajstić information content (AvgIpc) is 3.77. The Labute approximate surface area is 320 Å². The first-order chi connectivity index (χ1) is 26.8. The number of benzene rings is 5. The zero-order valence-corrected chi connectivity index (χ0v) is 30.7.